The average molecular weight is 454 g/mol. The van der Waals surface area contributed by atoms with Crippen LogP contribution in [-0.2, 0) is 12.8 Å². The second kappa shape index (κ2) is 12.7. The highest BCUT2D eigenvalue weighted by Gasteiger charge is 2.13. The maximum atomic E-state index is 5.87. The van der Waals surface area contributed by atoms with E-state index in [0.29, 0.717) is 30.8 Å². The smallest absolute Gasteiger partial charge is 0.321 e. The van der Waals surface area contributed by atoms with Crippen molar-refractivity contribution >= 4 is 28.5 Å². The highest BCUT2D eigenvalue weighted by Crippen LogP contribution is 2.22. The van der Waals surface area contributed by atoms with Crippen molar-refractivity contribution in [2.45, 2.75) is 46.5 Å². The first-order chi connectivity index (χ1) is 15.7. The van der Waals surface area contributed by atoms with E-state index in [1.807, 2.05) is 24.3 Å². The van der Waals surface area contributed by atoms with Crippen LogP contribution in [0.25, 0.3) is 0 Å². The Labute approximate surface area is 193 Å². The van der Waals surface area contributed by atoms with Crippen LogP contribution in [0, 0.1) is 0 Å². The fraction of sp³-hybridized carbons (Fsp3) is 0.435. The largest absolute Gasteiger partial charge is 0.463 e. The van der Waals surface area contributed by atoms with Gasteiger partial charge in [0.2, 0.25) is 5.95 Å². The number of hydrogen-bond donors (Lipinski definition) is 1. The molecule has 0 aliphatic heterocycles. The third kappa shape index (κ3) is 7.26. The molecule has 3 aromatic rings. The molecule has 0 saturated heterocycles. The van der Waals surface area contributed by atoms with Gasteiger partial charge in [-0.1, -0.05) is 26.8 Å². The Hall–Kier alpha value is -3.07. The zero-order valence-corrected chi connectivity index (χ0v) is 19.8. The van der Waals surface area contributed by atoms with Crippen LogP contribution in [0.15, 0.2) is 41.6 Å². The van der Waals surface area contributed by atoms with Crippen LogP contribution in [0.4, 0.5) is 10.9 Å². The number of aromatic nitrogens is 4. The van der Waals surface area contributed by atoms with Crippen molar-refractivity contribution in [1.29, 1.82) is 0 Å². The van der Waals surface area contributed by atoms with E-state index in [2.05, 4.69) is 62.2 Å². The molecule has 3 heterocycles. The summed E-state index contributed by atoms with van der Waals surface area (Å²) >= 11 is 1.68. The van der Waals surface area contributed by atoms with Gasteiger partial charge in [0.1, 0.15) is 5.00 Å². The Morgan fingerprint density at radius 2 is 1.91 bits per heavy atom. The zero-order valence-electron chi connectivity index (χ0n) is 19.0. The van der Waals surface area contributed by atoms with Gasteiger partial charge in [0, 0.05) is 36.3 Å². The molecule has 0 atom stereocenters. The highest BCUT2D eigenvalue weighted by molar-refractivity contribution is 7.16. The predicted octanol–water partition coefficient (Wildman–Crippen LogP) is 4.58. The first-order valence-electron chi connectivity index (χ1n) is 11.1. The lowest BCUT2D eigenvalue weighted by Gasteiger charge is -2.21. The van der Waals surface area contributed by atoms with Crippen LogP contribution in [0.3, 0.4) is 0 Å². The molecule has 8 nitrogen and oxygen atoms in total. The van der Waals surface area contributed by atoms with Gasteiger partial charge in [-0.3, -0.25) is 10.4 Å². The average Bonchev–Trinajstić information content (AvgIpc) is 3.28. The lowest BCUT2D eigenvalue weighted by atomic mass is 10.3. The van der Waals surface area contributed by atoms with Gasteiger partial charge in [-0.05, 0) is 43.5 Å². The summed E-state index contributed by atoms with van der Waals surface area (Å²) in [6, 6.07) is 10.3. The maximum Gasteiger partial charge on any atom is 0.321 e. The molecule has 32 heavy (non-hydrogen) atoms. The molecule has 0 spiro atoms. The number of nitrogens with zero attached hydrogens (tertiary/aromatic N) is 6. The van der Waals surface area contributed by atoms with E-state index < -0.39 is 0 Å². The van der Waals surface area contributed by atoms with Crippen molar-refractivity contribution in [1.82, 2.24) is 19.9 Å². The monoisotopic (exact) mass is 453 g/mol. The van der Waals surface area contributed by atoms with Crippen LogP contribution < -0.4 is 15.1 Å². The summed E-state index contributed by atoms with van der Waals surface area (Å²) in [4.78, 5) is 21.4. The molecule has 0 aromatic carbocycles. The minimum atomic E-state index is 0.300. The van der Waals surface area contributed by atoms with Crippen LogP contribution in [-0.4, -0.2) is 45.8 Å². The lowest BCUT2D eigenvalue weighted by molar-refractivity contribution is 0.293. The summed E-state index contributed by atoms with van der Waals surface area (Å²) in [5.41, 5.74) is 4.02. The molecule has 9 heteroatoms. The normalized spacial score (nSPS) is 11.1. The molecular formula is C23H31N7OS. The molecule has 0 fully saturated rings. The van der Waals surface area contributed by atoms with Crippen LogP contribution >= 0.6 is 11.3 Å². The van der Waals surface area contributed by atoms with Gasteiger partial charge in [-0.2, -0.15) is 20.1 Å². The van der Waals surface area contributed by atoms with Gasteiger partial charge in [-0.15, -0.1) is 11.3 Å². The van der Waals surface area contributed by atoms with E-state index in [1.165, 1.54) is 4.88 Å². The predicted molar refractivity (Wildman–Crippen MR) is 131 cm³/mol. The quantitative estimate of drug-likeness (QED) is 0.299. The second-order valence-corrected chi connectivity index (χ2v) is 8.34. The maximum absolute atomic E-state index is 5.87. The minimum Gasteiger partial charge on any atom is -0.463 e. The molecule has 1 N–H and O–H groups in total. The number of pyridine rings is 1. The standard InChI is InChI=1S/C23H31N7OS/c1-4-14-30(15-5-2)22-26-20(17-25-29-21-11-10-19(6-3)32-21)27-23(28-22)31-16-12-18-9-7-8-13-24-18/h7-11,13,17,29H,4-6,12,14-16H2,1-3H3/b25-17+. The molecule has 0 saturated carbocycles. The molecule has 0 amide bonds. The molecular weight excluding hydrogens is 422 g/mol. The van der Waals surface area contributed by atoms with Crippen molar-refractivity contribution < 1.29 is 4.74 Å². The van der Waals surface area contributed by atoms with Crippen LogP contribution in [0.2, 0.25) is 0 Å². The van der Waals surface area contributed by atoms with E-state index in [9.17, 15) is 0 Å². The summed E-state index contributed by atoms with van der Waals surface area (Å²) < 4.78 is 5.87. The fourth-order valence-electron chi connectivity index (χ4n) is 3.05. The van der Waals surface area contributed by atoms with E-state index in [1.54, 1.807) is 23.7 Å². The SMILES string of the molecule is CCCN(CCC)c1nc(/C=N/Nc2ccc(CC)s2)nc(OCCc2ccccn2)n1. The number of ether oxygens (including phenoxy) is 1. The number of thiophene rings is 1. The third-order valence-electron chi connectivity index (χ3n) is 4.57. The highest BCUT2D eigenvalue weighted by atomic mass is 32.1. The van der Waals surface area contributed by atoms with Crippen molar-refractivity contribution in [2.75, 3.05) is 30.0 Å². The number of anilines is 2. The van der Waals surface area contributed by atoms with E-state index >= 15 is 0 Å². The Kier molecular flexibility index (Phi) is 9.37. The Bertz CT molecular complexity index is 971. The number of hydrazone groups is 1. The van der Waals surface area contributed by atoms with Gasteiger partial charge >= 0.3 is 6.01 Å². The third-order valence-corrected chi connectivity index (χ3v) is 5.70. The summed E-state index contributed by atoms with van der Waals surface area (Å²) in [6.07, 6.45) is 7.09. The topological polar surface area (TPSA) is 88.4 Å². The Morgan fingerprint density at radius 1 is 1.06 bits per heavy atom. The lowest BCUT2D eigenvalue weighted by Crippen LogP contribution is -2.27. The first-order valence-corrected chi connectivity index (χ1v) is 11.9. The molecule has 0 aliphatic rings. The van der Waals surface area contributed by atoms with Gasteiger partial charge in [0.05, 0.1) is 12.8 Å². The van der Waals surface area contributed by atoms with Gasteiger partial charge in [0.15, 0.2) is 5.82 Å². The summed E-state index contributed by atoms with van der Waals surface area (Å²) in [5.74, 6) is 1.07. The summed E-state index contributed by atoms with van der Waals surface area (Å²) in [7, 11) is 0. The Balaban J connectivity index is 1.74. The Morgan fingerprint density at radius 3 is 2.59 bits per heavy atom. The first kappa shape index (κ1) is 23.6. The van der Waals surface area contributed by atoms with Gasteiger partial charge < -0.3 is 9.64 Å². The van der Waals surface area contributed by atoms with Crippen LogP contribution in [0.1, 0.15) is 50.0 Å². The number of nitrogens with one attached hydrogen (secondary N) is 1. The van der Waals surface area contributed by atoms with Crippen molar-refractivity contribution in [3.8, 4) is 6.01 Å². The summed E-state index contributed by atoms with van der Waals surface area (Å²) in [6.45, 7) is 8.60. The number of rotatable bonds is 13. The van der Waals surface area contributed by atoms with Crippen molar-refractivity contribution in [2.24, 2.45) is 5.10 Å². The van der Waals surface area contributed by atoms with E-state index in [4.69, 9.17) is 4.74 Å². The number of hydrogen-bond acceptors (Lipinski definition) is 9. The number of aryl methyl sites for hydroxylation is 1. The van der Waals surface area contributed by atoms with Crippen LogP contribution in [0.5, 0.6) is 6.01 Å². The van der Waals surface area contributed by atoms with Gasteiger partial charge in [0.25, 0.3) is 0 Å². The van der Waals surface area contributed by atoms with Crippen molar-refractivity contribution in [3.63, 3.8) is 0 Å². The zero-order chi connectivity index (χ0) is 22.6. The molecule has 0 unspecified atom stereocenters. The second-order valence-electron chi connectivity index (χ2n) is 7.17. The van der Waals surface area contributed by atoms with Crippen molar-refractivity contribution in [3.05, 3.63) is 52.9 Å². The molecule has 170 valence electrons. The fourth-order valence-corrected chi connectivity index (χ4v) is 3.85. The molecule has 3 aromatic heterocycles. The summed E-state index contributed by atoms with van der Waals surface area (Å²) in [5, 5.41) is 5.30. The van der Waals surface area contributed by atoms with E-state index in [0.717, 1.165) is 43.0 Å². The van der Waals surface area contributed by atoms with Gasteiger partial charge in [-0.25, -0.2) is 0 Å². The molecule has 0 aliphatic carbocycles. The van der Waals surface area contributed by atoms with E-state index in [-0.39, 0.29) is 0 Å². The molecule has 0 radical (unpaired) electrons. The minimum absolute atomic E-state index is 0.300. The molecule has 0 bridgehead atoms. The molecule has 3 rings (SSSR count).